The number of hydrogen-bond acceptors (Lipinski definition) is 2. The second kappa shape index (κ2) is 4.42. The van der Waals surface area contributed by atoms with Crippen LogP contribution in [-0.2, 0) is 0 Å². The number of rotatable bonds is 0. The fourth-order valence-electron chi connectivity index (χ4n) is 3.48. The van der Waals surface area contributed by atoms with Crippen LogP contribution >= 0.6 is 0 Å². The zero-order valence-electron chi connectivity index (χ0n) is 11.7. The summed E-state index contributed by atoms with van der Waals surface area (Å²) in [5.41, 5.74) is 4.73. The first kappa shape index (κ1) is 12.6. The molecule has 1 aliphatic carbocycles. The highest BCUT2D eigenvalue weighted by Crippen LogP contribution is 2.47. The van der Waals surface area contributed by atoms with Crippen LogP contribution in [0.3, 0.4) is 0 Å². The largest absolute Gasteiger partial charge is 0.385 e. The Morgan fingerprint density at radius 3 is 2.38 bits per heavy atom. The van der Waals surface area contributed by atoms with Gasteiger partial charge in [0.15, 0.2) is 0 Å². The maximum absolute atomic E-state index is 10.6. The molecule has 0 heterocycles. The van der Waals surface area contributed by atoms with Gasteiger partial charge in [-0.1, -0.05) is 48.5 Å². The molecular weight excluding hydrogens is 260 g/mol. The zero-order chi connectivity index (χ0) is 14.6. The molecule has 0 saturated carbocycles. The standard InChI is InChI=1S/C19H16O2/c1-11-13-7-3-2-6-12(13)10-16-14-8-4-5-9-15(14)18(20)19(21)17(11)16/h2-10,18-21H,1H3/t18-,19-/m0/s1. The fraction of sp³-hybridized carbons (Fsp3) is 0.158. The maximum atomic E-state index is 10.6. The first-order valence-electron chi connectivity index (χ1n) is 7.16. The zero-order valence-corrected chi connectivity index (χ0v) is 11.7. The van der Waals surface area contributed by atoms with Gasteiger partial charge in [0.2, 0.25) is 0 Å². The molecule has 2 nitrogen and oxygen atoms in total. The summed E-state index contributed by atoms with van der Waals surface area (Å²) in [6.07, 6.45) is -1.74. The Labute approximate surface area is 123 Å². The Bertz CT molecular complexity index is 851. The van der Waals surface area contributed by atoms with E-state index in [1.54, 1.807) is 0 Å². The van der Waals surface area contributed by atoms with Gasteiger partial charge in [-0.25, -0.2) is 0 Å². The molecule has 0 radical (unpaired) electrons. The van der Waals surface area contributed by atoms with E-state index >= 15 is 0 Å². The molecule has 3 aromatic rings. The van der Waals surface area contributed by atoms with Crippen LogP contribution in [0.25, 0.3) is 21.9 Å². The summed E-state index contributed by atoms with van der Waals surface area (Å²) in [7, 11) is 0. The molecule has 2 atom stereocenters. The van der Waals surface area contributed by atoms with Crippen LogP contribution in [0.1, 0.15) is 28.9 Å². The van der Waals surface area contributed by atoms with Gasteiger partial charge < -0.3 is 10.2 Å². The Hall–Kier alpha value is -2.16. The molecule has 0 aliphatic heterocycles. The minimum Gasteiger partial charge on any atom is -0.385 e. The Morgan fingerprint density at radius 1 is 0.810 bits per heavy atom. The van der Waals surface area contributed by atoms with Crippen LogP contribution in [0.2, 0.25) is 0 Å². The number of hydrogen-bond donors (Lipinski definition) is 2. The molecular formula is C19H16O2. The van der Waals surface area contributed by atoms with Gasteiger partial charge in [0.25, 0.3) is 0 Å². The predicted octanol–water partition coefficient (Wildman–Crippen LogP) is 3.90. The highest BCUT2D eigenvalue weighted by Gasteiger charge is 2.32. The van der Waals surface area contributed by atoms with E-state index in [9.17, 15) is 10.2 Å². The van der Waals surface area contributed by atoms with E-state index in [4.69, 9.17) is 0 Å². The van der Waals surface area contributed by atoms with E-state index in [1.165, 1.54) is 0 Å². The molecule has 3 aromatic carbocycles. The Balaban J connectivity index is 2.15. The van der Waals surface area contributed by atoms with Crippen molar-refractivity contribution in [2.75, 3.05) is 0 Å². The molecule has 0 bridgehead atoms. The van der Waals surface area contributed by atoms with Crippen molar-refractivity contribution in [2.24, 2.45) is 0 Å². The first-order valence-corrected chi connectivity index (χ1v) is 7.16. The molecule has 0 unspecified atom stereocenters. The first-order chi connectivity index (χ1) is 10.2. The minimum absolute atomic E-state index is 0.798. The van der Waals surface area contributed by atoms with E-state index in [0.29, 0.717) is 0 Å². The van der Waals surface area contributed by atoms with E-state index < -0.39 is 12.2 Å². The van der Waals surface area contributed by atoms with Crippen LogP contribution in [-0.4, -0.2) is 10.2 Å². The summed E-state index contributed by atoms with van der Waals surface area (Å²) < 4.78 is 0. The second-order valence-corrected chi connectivity index (χ2v) is 5.66. The van der Waals surface area contributed by atoms with E-state index in [0.717, 1.165) is 38.6 Å². The van der Waals surface area contributed by atoms with Gasteiger partial charge in [0, 0.05) is 0 Å². The van der Waals surface area contributed by atoms with Crippen LogP contribution in [0.15, 0.2) is 54.6 Å². The molecule has 4 rings (SSSR count). The van der Waals surface area contributed by atoms with Crippen LogP contribution in [0, 0.1) is 6.92 Å². The third-order valence-corrected chi connectivity index (χ3v) is 4.52. The lowest BCUT2D eigenvalue weighted by Crippen LogP contribution is -2.18. The van der Waals surface area contributed by atoms with Crippen molar-refractivity contribution in [1.82, 2.24) is 0 Å². The molecule has 1 aliphatic rings. The van der Waals surface area contributed by atoms with Crippen LogP contribution in [0.5, 0.6) is 0 Å². The topological polar surface area (TPSA) is 40.5 Å². The summed E-state index contributed by atoms with van der Waals surface area (Å²) in [5, 5.41) is 23.3. The van der Waals surface area contributed by atoms with Crippen molar-refractivity contribution in [1.29, 1.82) is 0 Å². The van der Waals surface area contributed by atoms with Gasteiger partial charge in [-0.05, 0) is 51.6 Å². The smallest absolute Gasteiger partial charge is 0.110 e. The number of aliphatic hydroxyl groups excluding tert-OH is 2. The highest BCUT2D eigenvalue weighted by molar-refractivity contribution is 5.93. The summed E-state index contributed by atoms with van der Waals surface area (Å²) in [6.45, 7) is 2.02. The number of fused-ring (bicyclic) bond motifs is 4. The van der Waals surface area contributed by atoms with Crippen LogP contribution in [0.4, 0.5) is 0 Å². The minimum atomic E-state index is -0.875. The van der Waals surface area contributed by atoms with Gasteiger partial charge in [0.1, 0.15) is 12.2 Å². The molecule has 0 fully saturated rings. The monoisotopic (exact) mass is 276 g/mol. The lowest BCUT2D eigenvalue weighted by atomic mass is 9.78. The maximum Gasteiger partial charge on any atom is 0.110 e. The van der Waals surface area contributed by atoms with Crippen molar-refractivity contribution in [3.63, 3.8) is 0 Å². The second-order valence-electron chi connectivity index (χ2n) is 5.66. The van der Waals surface area contributed by atoms with Gasteiger partial charge >= 0.3 is 0 Å². The SMILES string of the molecule is Cc1c2c(cc3ccccc13)-c1ccccc1[C@H](O)[C@H]2O. The number of aryl methyl sites for hydroxylation is 1. The quantitative estimate of drug-likeness (QED) is 0.654. The van der Waals surface area contributed by atoms with Crippen molar-refractivity contribution in [3.05, 3.63) is 71.3 Å². The number of aliphatic hydroxyl groups is 2. The van der Waals surface area contributed by atoms with E-state index in [1.807, 2.05) is 43.3 Å². The predicted molar refractivity (Wildman–Crippen MR) is 84.0 cm³/mol. The normalized spacial score (nSPS) is 20.1. The van der Waals surface area contributed by atoms with E-state index in [-0.39, 0.29) is 0 Å². The van der Waals surface area contributed by atoms with Crippen molar-refractivity contribution in [3.8, 4) is 11.1 Å². The highest BCUT2D eigenvalue weighted by atomic mass is 16.3. The van der Waals surface area contributed by atoms with Crippen molar-refractivity contribution in [2.45, 2.75) is 19.1 Å². The van der Waals surface area contributed by atoms with Crippen molar-refractivity contribution >= 4 is 10.8 Å². The average molecular weight is 276 g/mol. The molecule has 0 spiro atoms. The lowest BCUT2D eigenvalue weighted by molar-refractivity contribution is 0.0155. The van der Waals surface area contributed by atoms with Gasteiger partial charge in [0.05, 0.1) is 0 Å². The molecule has 0 aromatic heterocycles. The Kier molecular flexibility index (Phi) is 2.64. The summed E-state index contributed by atoms with van der Waals surface area (Å²) >= 11 is 0. The lowest BCUT2D eigenvalue weighted by Gasteiger charge is -2.31. The fourth-order valence-corrected chi connectivity index (χ4v) is 3.48. The summed E-state index contributed by atoms with van der Waals surface area (Å²) in [5.74, 6) is 0. The molecule has 0 saturated heterocycles. The average Bonchev–Trinajstić information content (AvgIpc) is 2.52. The van der Waals surface area contributed by atoms with Crippen molar-refractivity contribution < 1.29 is 10.2 Å². The van der Waals surface area contributed by atoms with Gasteiger partial charge in [-0.15, -0.1) is 0 Å². The molecule has 2 heteroatoms. The van der Waals surface area contributed by atoms with Gasteiger partial charge in [-0.3, -0.25) is 0 Å². The van der Waals surface area contributed by atoms with E-state index in [2.05, 4.69) is 18.2 Å². The summed E-state index contributed by atoms with van der Waals surface area (Å²) in [6, 6.07) is 18.0. The molecule has 104 valence electrons. The third kappa shape index (κ3) is 1.67. The Morgan fingerprint density at radius 2 is 1.52 bits per heavy atom. The third-order valence-electron chi connectivity index (χ3n) is 4.52. The summed E-state index contributed by atoms with van der Waals surface area (Å²) in [4.78, 5) is 0. The molecule has 21 heavy (non-hydrogen) atoms. The molecule has 2 N–H and O–H groups in total. The van der Waals surface area contributed by atoms with Crippen LogP contribution < -0.4 is 0 Å². The number of benzene rings is 3. The molecule has 0 amide bonds. The van der Waals surface area contributed by atoms with Gasteiger partial charge in [-0.2, -0.15) is 0 Å².